The molecular formula is C19H20O. The third-order valence-corrected chi connectivity index (χ3v) is 3.38. The summed E-state index contributed by atoms with van der Waals surface area (Å²) < 4.78 is 0. The second-order valence-corrected chi connectivity index (χ2v) is 5.34. The van der Waals surface area contributed by atoms with Gasteiger partial charge in [-0.05, 0) is 35.6 Å². The summed E-state index contributed by atoms with van der Waals surface area (Å²) in [5.74, 6) is 0.573. The molecule has 0 amide bonds. The quantitative estimate of drug-likeness (QED) is 0.555. The van der Waals surface area contributed by atoms with Gasteiger partial charge in [0.15, 0.2) is 5.78 Å². The normalized spacial score (nSPS) is 11.7. The van der Waals surface area contributed by atoms with Crippen molar-refractivity contribution < 1.29 is 4.79 Å². The van der Waals surface area contributed by atoms with Crippen molar-refractivity contribution in [2.75, 3.05) is 0 Å². The van der Waals surface area contributed by atoms with Crippen LogP contribution in [0.25, 0.3) is 6.08 Å². The molecule has 2 aromatic rings. The Morgan fingerprint density at radius 1 is 0.950 bits per heavy atom. The summed E-state index contributed by atoms with van der Waals surface area (Å²) in [6.07, 6.45) is 1.93. The summed E-state index contributed by atoms with van der Waals surface area (Å²) >= 11 is 0. The molecule has 0 fully saturated rings. The van der Waals surface area contributed by atoms with Crippen LogP contribution in [-0.4, -0.2) is 5.78 Å². The van der Waals surface area contributed by atoms with Crippen LogP contribution in [0.5, 0.6) is 0 Å². The third kappa shape index (κ3) is 3.45. The SMILES string of the molecule is CC(=Cc1ccccc1)C(=O)c1ccc(C(C)C)cc1. The zero-order valence-corrected chi connectivity index (χ0v) is 12.3. The van der Waals surface area contributed by atoms with E-state index in [-0.39, 0.29) is 5.78 Å². The third-order valence-electron chi connectivity index (χ3n) is 3.38. The van der Waals surface area contributed by atoms with E-state index in [0.717, 1.165) is 16.7 Å². The predicted molar refractivity (Wildman–Crippen MR) is 85.0 cm³/mol. The first-order valence-corrected chi connectivity index (χ1v) is 6.96. The van der Waals surface area contributed by atoms with Gasteiger partial charge in [0.05, 0.1) is 0 Å². The molecule has 0 spiro atoms. The van der Waals surface area contributed by atoms with Crippen LogP contribution in [-0.2, 0) is 0 Å². The lowest BCUT2D eigenvalue weighted by Crippen LogP contribution is -2.01. The van der Waals surface area contributed by atoms with Crippen molar-refractivity contribution >= 4 is 11.9 Å². The monoisotopic (exact) mass is 264 g/mol. The van der Waals surface area contributed by atoms with E-state index in [1.807, 2.05) is 67.6 Å². The standard InChI is InChI=1S/C19H20O/c1-14(2)17-9-11-18(12-10-17)19(20)15(3)13-16-7-5-4-6-8-16/h4-14H,1-3H3. The van der Waals surface area contributed by atoms with E-state index in [1.54, 1.807) is 0 Å². The van der Waals surface area contributed by atoms with Gasteiger partial charge in [-0.1, -0.05) is 68.4 Å². The second-order valence-electron chi connectivity index (χ2n) is 5.34. The van der Waals surface area contributed by atoms with Crippen LogP contribution in [0.1, 0.15) is 48.2 Å². The van der Waals surface area contributed by atoms with Gasteiger partial charge in [-0.3, -0.25) is 4.79 Å². The molecular weight excluding hydrogens is 244 g/mol. The van der Waals surface area contributed by atoms with Gasteiger partial charge < -0.3 is 0 Å². The Balaban J connectivity index is 2.20. The van der Waals surface area contributed by atoms with Gasteiger partial charge in [-0.15, -0.1) is 0 Å². The minimum Gasteiger partial charge on any atom is -0.289 e. The van der Waals surface area contributed by atoms with Gasteiger partial charge in [0.1, 0.15) is 0 Å². The number of rotatable bonds is 4. The molecule has 20 heavy (non-hydrogen) atoms. The van der Waals surface area contributed by atoms with Crippen LogP contribution < -0.4 is 0 Å². The molecule has 0 atom stereocenters. The van der Waals surface area contributed by atoms with Gasteiger partial charge in [0.25, 0.3) is 0 Å². The fourth-order valence-electron chi connectivity index (χ4n) is 2.11. The second kappa shape index (κ2) is 6.33. The van der Waals surface area contributed by atoms with Crippen molar-refractivity contribution in [2.24, 2.45) is 0 Å². The van der Waals surface area contributed by atoms with Crippen molar-refractivity contribution in [1.29, 1.82) is 0 Å². The number of carbonyl (C=O) groups is 1. The Morgan fingerprint density at radius 3 is 2.10 bits per heavy atom. The van der Waals surface area contributed by atoms with Crippen LogP contribution in [0, 0.1) is 0 Å². The molecule has 0 aliphatic carbocycles. The summed E-state index contributed by atoms with van der Waals surface area (Å²) in [6, 6.07) is 17.8. The number of benzene rings is 2. The minimum absolute atomic E-state index is 0.0872. The van der Waals surface area contributed by atoms with E-state index >= 15 is 0 Å². The lowest BCUT2D eigenvalue weighted by atomic mass is 9.98. The molecule has 2 aromatic carbocycles. The first kappa shape index (κ1) is 14.3. The molecule has 0 unspecified atom stereocenters. The van der Waals surface area contributed by atoms with E-state index in [9.17, 15) is 4.79 Å². The van der Waals surface area contributed by atoms with Crippen molar-refractivity contribution in [1.82, 2.24) is 0 Å². The molecule has 1 heteroatoms. The Labute approximate surface area is 121 Å². The van der Waals surface area contributed by atoms with Crippen molar-refractivity contribution in [3.8, 4) is 0 Å². The van der Waals surface area contributed by atoms with Crippen LogP contribution in [0.3, 0.4) is 0 Å². The number of hydrogen-bond donors (Lipinski definition) is 0. The topological polar surface area (TPSA) is 17.1 Å². The molecule has 0 N–H and O–H groups in total. The first-order chi connectivity index (χ1) is 9.58. The molecule has 0 aliphatic heterocycles. The Morgan fingerprint density at radius 2 is 1.55 bits per heavy atom. The van der Waals surface area contributed by atoms with Crippen molar-refractivity contribution in [2.45, 2.75) is 26.7 Å². The Kier molecular flexibility index (Phi) is 4.52. The highest BCUT2D eigenvalue weighted by atomic mass is 16.1. The smallest absolute Gasteiger partial charge is 0.188 e. The first-order valence-electron chi connectivity index (χ1n) is 6.96. The maximum absolute atomic E-state index is 12.4. The van der Waals surface area contributed by atoms with Crippen LogP contribution in [0.15, 0.2) is 60.2 Å². The maximum atomic E-state index is 12.4. The molecule has 0 aromatic heterocycles. The van der Waals surface area contributed by atoms with Crippen LogP contribution >= 0.6 is 0 Å². The van der Waals surface area contributed by atoms with Gasteiger partial charge in [0.2, 0.25) is 0 Å². The fourth-order valence-corrected chi connectivity index (χ4v) is 2.11. The lowest BCUT2D eigenvalue weighted by molar-refractivity contribution is 0.103. The number of ketones is 1. The van der Waals surface area contributed by atoms with Crippen molar-refractivity contribution in [3.05, 3.63) is 76.9 Å². The van der Waals surface area contributed by atoms with Gasteiger partial charge >= 0.3 is 0 Å². The van der Waals surface area contributed by atoms with E-state index in [0.29, 0.717) is 5.92 Å². The van der Waals surface area contributed by atoms with E-state index in [2.05, 4.69) is 13.8 Å². The predicted octanol–water partition coefficient (Wildman–Crippen LogP) is 5.10. The molecule has 0 radical (unpaired) electrons. The zero-order valence-electron chi connectivity index (χ0n) is 12.3. The zero-order chi connectivity index (χ0) is 14.5. The fraction of sp³-hybridized carbons (Fsp3) is 0.211. The summed E-state index contributed by atoms with van der Waals surface area (Å²) in [4.78, 5) is 12.4. The molecule has 102 valence electrons. The summed E-state index contributed by atoms with van der Waals surface area (Å²) in [6.45, 7) is 6.17. The number of carbonyl (C=O) groups excluding carboxylic acids is 1. The average molecular weight is 264 g/mol. The summed E-state index contributed by atoms with van der Waals surface area (Å²) in [5.41, 5.74) is 3.82. The lowest BCUT2D eigenvalue weighted by Gasteiger charge is -2.06. The summed E-state index contributed by atoms with van der Waals surface area (Å²) in [5, 5.41) is 0. The number of hydrogen-bond acceptors (Lipinski definition) is 1. The van der Waals surface area contributed by atoms with Gasteiger partial charge in [-0.25, -0.2) is 0 Å². The van der Waals surface area contributed by atoms with Crippen LogP contribution in [0.2, 0.25) is 0 Å². The Hall–Kier alpha value is -2.15. The highest BCUT2D eigenvalue weighted by molar-refractivity contribution is 6.10. The number of allylic oxidation sites excluding steroid dienone is 1. The molecule has 0 bridgehead atoms. The highest BCUT2D eigenvalue weighted by Gasteiger charge is 2.08. The molecule has 0 heterocycles. The number of Topliss-reactive ketones (excluding diaryl/α,β-unsaturated/α-hetero) is 1. The maximum Gasteiger partial charge on any atom is 0.188 e. The highest BCUT2D eigenvalue weighted by Crippen LogP contribution is 2.17. The minimum atomic E-state index is 0.0872. The molecule has 0 saturated carbocycles. The molecule has 1 nitrogen and oxygen atoms in total. The largest absolute Gasteiger partial charge is 0.289 e. The molecule has 0 saturated heterocycles. The van der Waals surface area contributed by atoms with Gasteiger partial charge in [0, 0.05) is 5.56 Å². The van der Waals surface area contributed by atoms with Crippen molar-refractivity contribution in [3.63, 3.8) is 0 Å². The van der Waals surface area contributed by atoms with E-state index in [4.69, 9.17) is 0 Å². The van der Waals surface area contributed by atoms with E-state index in [1.165, 1.54) is 5.56 Å². The van der Waals surface area contributed by atoms with Crippen LogP contribution in [0.4, 0.5) is 0 Å². The summed E-state index contributed by atoms with van der Waals surface area (Å²) in [7, 11) is 0. The Bertz CT molecular complexity index is 604. The van der Waals surface area contributed by atoms with Gasteiger partial charge in [-0.2, -0.15) is 0 Å². The molecule has 2 rings (SSSR count). The van der Waals surface area contributed by atoms with E-state index < -0.39 is 0 Å². The molecule has 0 aliphatic rings. The average Bonchev–Trinajstić information content (AvgIpc) is 2.47.